The van der Waals surface area contributed by atoms with Gasteiger partial charge in [0, 0.05) is 20.5 Å². The van der Waals surface area contributed by atoms with Crippen molar-refractivity contribution in [3.63, 3.8) is 0 Å². The molecule has 0 heterocycles. The molecule has 0 bridgehead atoms. The zero-order chi connectivity index (χ0) is 16.0. The number of aliphatic carboxylic acids is 1. The Balaban J connectivity index is 2.88. The molecule has 0 aromatic heterocycles. The number of carboxylic acid groups (broad SMARTS) is 1. The van der Waals surface area contributed by atoms with E-state index in [2.05, 4.69) is 4.72 Å². The standard InChI is InChI=1S/C13H18N2O5S/c1-10(16)15(2)9-11-5-3-4-6-12(11)14-21(19,20)8-7-13(17)18/h3-6,14H,7-9H2,1-2H3,(H,17,18). The van der Waals surface area contributed by atoms with Crippen LogP contribution in [0, 0.1) is 0 Å². The van der Waals surface area contributed by atoms with Crippen molar-refractivity contribution in [2.24, 2.45) is 0 Å². The molecule has 0 atom stereocenters. The Labute approximate surface area is 123 Å². The van der Waals surface area contributed by atoms with E-state index in [9.17, 15) is 18.0 Å². The van der Waals surface area contributed by atoms with Crippen molar-refractivity contribution in [3.05, 3.63) is 29.8 Å². The molecule has 21 heavy (non-hydrogen) atoms. The van der Waals surface area contributed by atoms with E-state index in [0.717, 1.165) is 0 Å². The molecule has 0 aliphatic rings. The normalized spacial score (nSPS) is 11.0. The number of anilines is 1. The van der Waals surface area contributed by atoms with E-state index in [1.165, 1.54) is 11.8 Å². The van der Waals surface area contributed by atoms with Crippen LogP contribution < -0.4 is 4.72 Å². The lowest BCUT2D eigenvalue weighted by Gasteiger charge is -2.18. The summed E-state index contributed by atoms with van der Waals surface area (Å²) >= 11 is 0. The van der Waals surface area contributed by atoms with Gasteiger partial charge >= 0.3 is 5.97 Å². The molecule has 8 heteroatoms. The highest BCUT2D eigenvalue weighted by Gasteiger charge is 2.15. The summed E-state index contributed by atoms with van der Waals surface area (Å²) in [4.78, 5) is 23.1. The second kappa shape index (κ2) is 7.07. The van der Waals surface area contributed by atoms with Crippen LogP contribution in [0.3, 0.4) is 0 Å². The fraction of sp³-hybridized carbons (Fsp3) is 0.385. The van der Waals surface area contributed by atoms with Gasteiger partial charge in [-0.05, 0) is 11.6 Å². The van der Waals surface area contributed by atoms with Crippen LogP contribution in [0.1, 0.15) is 18.9 Å². The average Bonchev–Trinajstić information content (AvgIpc) is 2.38. The van der Waals surface area contributed by atoms with Crippen molar-refractivity contribution in [2.45, 2.75) is 19.9 Å². The predicted octanol–water partition coefficient (Wildman–Crippen LogP) is 0.881. The Hall–Kier alpha value is -2.09. The summed E-state index contributed by atoms with van der Waals surface area (Å²) in [5.41, 5.74) is 0.977. The lowest BCUT2D eigenvalue weighted by Crippen LogP contribution is -2.25. The van der Waals surface area contributed by atoms with Crippen molar-refractivity contribution in [1.29, 1.82) is 0 Å². The van der Waals surface area contributed by atoms with Gasteiger partial charge in [-0.2, -0.15) is 0 Å². The number of benzene rings is 1. The zero-order valence-corrected chi connectivity index (χ0v) is 12.7. The first-order valence-electron chi connectivity index (χ1n) is 6.23. The number of para-hydroxylation sites is 1. The van der Waals surface area contributed by atoms with Gasteiger partial charge in [0.2, 0.25) is 15.9 Å². The largest absolute Gasteiger partial charge is 0.481 e. The second-order valence-corrected chi connectivity index (χ2v) is 6.44. The number of carboxylic acids is 1. The summed E-state index contributed by atoms with van der Waals surface area (Å²) < 4.78 is 26.0. The molecule has 7 nitrogen and oxygen atoms in total. The third-order valence-electron chi connectivity index (χ3n) is 2.81. The fourth-order valence-electron chi connectivity index (χ4n) is 1.56. The molecule has 0 unspecified atom stereocenters. The average molecular weight is 314 g/mol. The van der Waals surface area contributed by atoms with Crippen molar-refractivity contribution in [1.82, 2.24) is 4.90 Å². The van der Waals surface area contributed by atoms with E-state index in [1.54, 1.807) is 31.3 Å². The SMILES string of the molecule is CC(=O)N(C)Cc1ccccc1NS(=O)(=O)CCC(=O)O. The summed E-state index contributed by atoms with van der Waals surface area (Å²) in [5, 5.41) is 8.54. The lowest BCUT2D eigenvalue weighted by molar-refractivity contribution is -0.136. The Morgan fingerprint density at radius 1 is 1.29 bits per heavy atom. The predicted molar refractivity (Wildman–Crippen MR) is 78.3 cm³/mol. The number of rotatable bonds is 7. The molecule has 0 aliphatic carbocycles. The third-order valence-corrected chi connectivity index (χ3v) is 4.09. The number of nitrogens with one attached hydrogen (secondary N) is 1. The van der Waals surface area contributed by atoms with Crippen molar-refractivity contribution >= 4 is 27.6 Å². The highest BCUT2D eigenvalue weighted by Crippen LogP contribution is 2.18. The number of nitrogens with zero attached hydrogens (tertiary/aromatic N) is 1. The number of carbonyl (C=O) groups is 2. The number of amides is 1. The molecular formula is C13H18N2O5S. The Morgan fingerprint density at radius 3 is 2.48 bits per heavy atom. The Bertz CT molecular complexity index is 627. The number of hydrogen-bond acceptors (Lipinski definition) is 4. The molecule has 1 aromatic carbocycles. The molecule has 116 valence electrons. The summed E-state index contributed by atoms with van der Waals surface area (Å²) in [6, 6.07) is 6.67. The zero-order valence-electron chi connectivity index (χ0n) is 11.9. The summed E-state index contributed by atoms with van der Waals surface area (Å²) in [7, 11) is -2.13. The second-order valence-electron chi connectivity index (χ2n) is 4.60. The molecular weight excluding hydrogens is 296 g/mol. The van der Waals surface area contributed by atoms with E-state index < -0.39 is 28.2 Å². The Morgan fingerprint density at radius 2 is 1.90 bits per heavy atom. The van der Waals surface area contributed by atoms with E-state index in [1.807, 2.05) is 0 Å². The first kappa shape index (κ1) is 17.0. The maximum Gasteiger partial charge on any atom is 0.304 e. The molecule has 0 aliphatic heterocycles. The molecule has 0 saturated carbocycles. The first-order valence-corrected chi connectivity index (χ1v) is 7.88. The van der Waals surface area contributed by atoms with E-state index >= 15 is 0 Å². The minimum atomic E-state index is -3.74. The van der Waals surface area contributed by atoms with Crippen LogP contribution in [0.2, 0.25) is 0 Å². The van der Waals surface area contributed by atoms with Crippen LogP contribution in [0.5, 0.6) is 0 Å². The van der Waals surface area contributed by atoms with Crippen LogP contribution in [0.25, 0.3) is 0 Å². The third kappa shape index (κ3) is 5.82. The fourth-order valence-corrected chi connectivity index (χ4v) is 2.64. The minimum Gasteiger partial charge on any atom is -0.481 e. The van der Waals surface area contributed by atoms with Gasteiger partial charge in [-0.1, -0.05) is 18.2 Å². The first-order chi connectivity index (χ1) is 9.71. The molecule has 1 rings (SSSR count). The summed E-state index contributed by atoms with van der Waals surface area (Å²) in [6.45, 7) is 1.67. The maximum atomic E-state index is 11.8. The van der Waals surface area contributed by atoms with Crippen molar-refractivity contribution in [3.8, 4) is 0 Å². The van der Waals surface area contributed by atoms with E-state index in [-0.39, 0.29) is 12.5 Å². The van der Waals surface area contributed by atoms with Gasteiger partial charge in [-0.3, -0.25) is 14.3 Å². The van der Waals surface area contributed by atoms with Gasteiger partial charge in [0.05, 0.1) is 17.9 Å². The highest BCUT2D eigenvalue weighted by molar-refractivity contribution is 7.92. The lowest BCUT2D eigenvalue weighted by atomic mass is 10.2. The molecule has 0 saturated heterocycles. The van der Waals surface area contributed by atoms with Gasteiger partial charge in [-0.15, -0.1) is 0 Å². The molecule has 1 amide bonds. The van der Waals surface area contributed by atoms with Gasteiger partial charge < -0.3 is 10.0 Å². The Kier molecular flexibility index (Phi) is 5.71. The van der Waals surface area contributed by atoms with Crippen LogP contribution in [0.4, 0.5) is 5.69 Å². The van der Waals surface area contributed by atoms with Gasteiger partial charge in [0.15, 0.2) is 0 Å². The van der Waals surface area contributed by atoms with Gasteiger partial charge in [0.1, 0.15) is 0 Å². The van der Waals surface area contributed by atoms with Crippen LogP contribution in [0.15, 0.2) is 24.3 Å². The van der Waals surface area contributed by atoms with Crippen molar-refractivity contribution < 1.29 is 23.1 Å². The molecule has 0 fully saturated rings. The van der Waals surface area contributed by atoms with Gasteiger partial charge in [-0.25, -0.2) is 8.42 Å². The molecule has 0 radical (unpaired) electrons. The quantitative estimate of drug-likeness (QED) is 0.777. The van der Waals surface area contributed by atoms with E-state index in [4.69, 9.17) is 5.11 Å². The van der Waals surface area contributed by atoms with Crippen LogP contribution >= 0.6 is 0 Å². The smallest absolute Gasteiger partial charge is 0.304 e. The van der Waals surface area contributed by atoms with E-state index in [0.29, 0.717) is 11.3 Å². The highest BCUT2D eigenvalue weighted by atomic mass is 32.2. The number of carbonyl (C=O) groups excluding carboxylic acids is 1. The molecule has 0 spiro atoms. The van der Waals surface area contributed by atoms with Crippen LogP contribution in [-0.4, -0.2) is 43.1 Å². The monoisotopic (exact) mass is 314 g/mol. The number of sulfonamides is 1. The van der Waals surface area contributed by atoms with Crippen molar-refractivity contribution in [2.75, 3.05) is 17.5 Å². The van der Waals surface area contributed by atoms with Gasteiger partial charge in [0.25, 0.3) is 0 Å². The minimum absolute atomic E-state index is 0.140. The van der Waals surface area contributed by atoms with Crippen LogP contribution in [-0.2, 0) is 26.2 Å². The summed E-state index contributed by atoms with van der Waals surface area (Å²) in [5.74, 6) is -1.82. The number of hydrogen-bond donors (Lipinski definition) is 2. The molecule has 2 N–H and O–H groups in total. The topological polar surface area (TPSA) is 104 Å². The summed E-state index contributed by atoms with van der Waals surface area (Å²) in [6.07, 6.45) is -0.467. The maximum absolute atomic E-state index is 11.8. The molecule has 1 aromatic rings.